The molecule has 2 amide bonds. The van der Waals surface area contributed by atoms with Gasteiger partial charge in [-0.05, 0) is 12.7 Å². The molecule has 0 aliphatic carbocycles. The van der Waals surface area contributed by atoms with Crippen LogP contribution in [0.1, 0.15) is 19.8 Å². The molecule has 0 aliphatic heterocycles. The molecule has 4 nitrogen and oxygen atoms in total. The summed E-state index contributed by atoms with van der Waals surface area (Å²) in [6.45, 7) is 2.42. The molecule has 0 saturated heterocycles. The molecule has 0 unspecified atom stereocenters. The highest BCUT2D eigenvalue weighted by atomic mass is 32.2. The summed E-state index contributed by atoms with van der Waals surface area (Å²) in [6, 6.07) is 0. The standard InChI is InChI=1S/C9H18N2O2S/c1-7(9(10)13)3-4-8(12)11-5-6-14-2/h7H,3-6H2,1-2H3,(H2,10,13)(H,11,12)/t7-/m0/s1. The minimum absolute atomic E-state index is 0.00727. The first-order valence-electron chi connectivity index (χ1n) is 4.63. The van der Waals surface area contributed by atoms with Crippen LogP contribution < -0.4 is 11.1 Å². The molecular formula is C9H18N2O2S. The van der Waals surface area contributed by atoms with Crippen LogP contribution in [-0.4, -0.2) is 30.4 Å². The Morgan fingerprint density at radius 1 is 1.50 bits per heavy atom. The number of amides is 2. The van der Waals surface area contributed by atoms with Crippen LogP contribution in [0.2, 0.25) is 0 Å². The van der Waals surface area contributed by atoms with E-state index < -0.39 is 0 Å². The Bertz CT molecular complexity index is 197. The first-order chi connectivity index (χ1) is 6.57. The predicted molar refractivity (Wildman–Crippen MR) is 59.0 cm³/mol. The van der Waals surface area contributed by atoms with Gasteiger partial charge in [-0.2, -0.15) is 11.8 Å². The zero-order valence-electron chi connectivity index (χ0n) is 8.71. The fourth-order valence-corrected chi connectivity index (χ4v) is 1.18. The van der Waals surface area contributed by atoms with E-state index in [1.54, 1.807) is 18.7 Å². The van der Waals surface area contributed by atoms with Gasteiger partial charge in [0.1, 0.15) is 0 Å². The van der Waals surface area contributed by atoms with Crippen molar-refractivity contribution in [3.63, 3.8) is 0 Å². The van der Waals surface area contributed by atoms with Crippen molar-refractivity contribution in [2.45, 2.75) is 19.8 Å². The minimum atomic E-state index is -0.345. The number of hydrogen-bond acceptors (Lipinski definition) is 3. The number of nitrogens with one attached hydrogen (secondary N) is 1. The molecule has 0 bridgehead atoms. The van der Waals surface area contributed by atoms with Gasteiger partial charge in [0.05, 0.1) is 0 Å². The lowest BCUT2D eigenvalue weighted by Gasteiger charge is -2.07. The summed E-state index contributed by atoms with van der Waals surface area (Å²) in [7, 11) is 0. The maximum absolute atomic E-state index is 11.2. The Morgan fingerprint density at radius 2 is 2.14 bits per heavy atom. The molecular weight excluding hydrogens is 200 g/mol. The van der Waals surface area contributed by atoms with Crippen molar-refractivity contribution in [1.29, 1.82) is 0 Å². The Morgan fingerprint density at radius 3 is 2.64 bits per heavy atom. The number of hydrogen-bond donors (Lipinski definition) is 2. The number of rotatable bonds is 7. The van der Waals surface area contributed by atoms with Crippen LogP contribution in [0.5, 0.6) is 0 Å². The summed E-state index contributed by atoms with van der Waals surface area (Å²) in [5.74, 6) is 0.340. The zero-order valence-corrected chi connectivity index (χ0v) is 9.52. The van der Waals surface area contributed by atoms with Gasteiger partial charge in [0.15, 0.2) is 0 Å². The maximum Gasteiger partial charge on any atom is 0.220 e. The van der Waals surface area contributed by atoms with Gasteiger partial charge in [-0.1, -0.05) is 6.92 Å². The van der Waals surface area contributed by atoms with Crippen molar-refractivity contribution in [3.05, 3.63) is 0 Å². The largest absolute Gasteiger partial charge is 0.369 e. The number of carbonyl (C=O) groups is 2. The highest BCUT2D eigenvalue weighted by Crippen LogP contribution is 2.03. The van der Waals surface area contributed by atoms with Gasteiger partial charge in [-0.25, -0.2) is 0 Å². The highest BCUT2D eigenvalue weighted by Gasteiger charge is 2.10. The second-order valence-corrected chi connectivity index (χ2v) is 4.17. The van der Waals surface area contributed by atoms with Gasteiger partial charge in [0.25, 0.3) is 0 Å². The van der Waals surface area contributed by atoms with E-state index in [2.05, 4.69) is 5.32 Å². The summed E-state index contributed by atoms with van der Waals surface area (Å²) in [5.41, 5.74) is 5.07. The molecule has 0 aromatic rings. The number of thioether (sulfide) groups is 1. The molecule has 0 aliphatic rings. The van der Waals surface area contributed by atoms with Crippen molar-refractivity contribution in [1.82, 2.24) is 5.32 Å². The molecule has 5 heteroatoms. The van der Waals surface area contributed by atoms with Crippen LogP contribution >= 0.6 is 11.8 Å². The maximum atomic E-state index is 11.2. The van der Waals surface area contributed by atoms with Gasteiger partial charge in [-0.3, -0.25) is 9.59 Å². The summed E-state index contributed by atoms with van der Waals surface area (Å²) in [4.78, 5) is 21.8. The fourth-order valence-electron chi connectivity index (χ4n) is 0.871. The Labute approximate surface area is 89.0 Å². The normalized spacial score (nSPS) is 12.1. The summed E-state index contributed by atoms with van der Waals surface area (Å²) >= 11 is 1.68. The second-order valence-electron chi connectivity index (χ2n) is 3.18. The Hall–Kier alpha value is -0.710. The molecule has 0 aromatic carbocycles. The first-order valence-corrected chi connectivity index (χ1v) is 6.02. The quantitative estimate of drug-likeness (QED) is 0.606. The van der Waals surface area contributed by atoms with Crippen LogP contribution in [0, 0.1) is 5.92 Å². The molecule has 0 saturated carbocycles. The summed E-state index contributed by atoms with van der Waals surface area (Å²) < 4.78 is 0. The van der Waals surface area contributed by atoms with Crippen LogP contribution in [0.15, 0.2) is 0 Å². The first kappa shape index (κ1) is 13.3. The molecule has 82 valence electrons. The van der Waals surface area contributed by atoms with Crippen LogP contribution in [0.3, 0.4) is 0 Å². The lowest BCUT2D eigenvalue weighted by Crippen LogP contribution is -2.27. The minimum Gasteiger partial charge on any atom is -0.369 e. The molecule has 0 fully saturated rings. The summed E-state index contributed by atoms with van der Waals surface area (Å²) in [6.07, 6.45) is 2.89. The van der Waals surface area contributed by atoms with Crippen molar-refractivity contribution in [3.8, 4) is 0 Å². The molecule has 0 spiro atoms. The van der Waals surface area contributed by atoms with Crippen LogP contribution in [0.25, 0.3) is 0 Å². The number of nitrogens with two attached hydrogens (primary N) is 1. The van der Waals surface area contributed by atoms with Gasteiger partial charge >= 0.3 is 0 Å². The van der Waals surface area contributed by atoms with E-state index in [0.717, 1.165) is 5.75 Å². The van der Waals surface area contributed by atoms with Gasteiger partial charge in [0, 0.05) is 24.6 Å². The van der Waals surface area contributed by atoms with Crippen LogP contribution in [0.4, 0.5) is 0 Å². The molecule has 14 heavy (non-hydrogen) atoms. The SMILES string of the molecule is CSCCNC(=O)CC[C@H](C)C(N)=O. The van der Waals surface area contributed by atoms with E-state index in [0.29, 0.717) is 19.4 Å². The van der Waals surface area contributed by atoms with Crippen molar-refractivity contribution >= 4 is 23.6 Å². The van der Waals surface area contributed by atoms with Crippen molar-refractivity contribution < 1.29 is 9.59 Å². The van der Waals surface area contributed by atoms with E-state index in [-0.39, 0.29) is 17.7 Å². The van der Waals surface area contributed by atoms with Gasteiger partial charge in [-0.15, -0.1) is 0 Å². The van der Waals surface area contributed by atoms with E-state index in [4.69, 9.17) is 5.73 Å². The molecule has 1 atom stereocenters. The fraction of sp³-hybridized carbons (Fsp3) is 0.778. The monoisotopic (exact) mass is 218 g/mol. The number of primary amides is 1. The third kappa shape index (κ3) is 6.77. The highest BCUT2D eigenvalue weighted by molar-refractivity contribution is 7.98. The van der Waals surface area contributed by atoms with Crippen LogP contribution in [-0.2, 0) is 9.59 Å². The van der Waals surface area contributed by atoms with E-state index >= 15 is 0 Å². The third-order valence-corrected chi connectivity index (χ3v) is 2.53. The second kappa shape index (κ2) is 7.67. The predicted octanol–water partition coefficient (Wildman–Crippen LogP) is 0.367. The Balaban J connectivity index is 3.48. The van der Waals surface area contributed by atoms with E-state index in [1.165, 1.54) is 0 Å². The lowest BCUT2D eigenvalue weighted by molar-refractivity contribution is -0.123. The zero-order chi connectivity index (χ0) is 11.0. The molecule has 0 rings (SSSR count). The molecule has 0 heterocycles. The molecule has 0 aromatic heterocycles. The lowest BCUT2D eigenvalue weighted by atomic mass is 10.1. The average Bonchev–Trinajstić information content (AvgIpc) is 2.14. The topological polar surface area (TPSA) is 72.2 Å². The Kier molecular flexibility index (Phi) is 7.28. The van der Waals surface area contributed by atoms with Gasteiger partial charge < -0.3 is 11.1 Å². The van der Waals surface area contributed by atoms with E-state index in [9.17, 15) is 9.59 Å². The summed E-state index contributed by atoms with van der Waals surface area (Å²) in [5, 5.41) is 2.77. The third-order valence-electron chi connectivity index (χ3n) is 1.92. The average molecular weight is 218 g/mol. The van der Waals surface area contributed by atoms with Crippen molar-refractivity contribution in [2.75, 3.05) is 18.6 Å². The number of carbonyl (C=O) groups excluding carboxylic acids is 2. The van der Waals surface area contributed by atoms with Crippen molar-refractivity contribution in [2.24, 2.45) is 11.7 Å². The molecule has 3 N–H and O–H groups in total. The molecule has 0 radical (unpaired) electrons. The van der Waals surface area contributed by atoms with Gasteiger partial charge in [0.2, 0.25) is 11.8 Å². The smallest absolute Gasteiger partial charge is 0.220 e. The van der Waals surface area contributed by atoms with E-state index in [1.807, 2.05) is 6.26 Å².